The molecule has 38 heavy (non-hydrogen) atoms. The van der Waals surface area contributed by atoms with E-state index >= 15 is 0 Å². The number of nitrogens with zero attached hydrogens (tertiary/aromatic N) is 3. The molecule has 0 saturated heterocycles. The molecule has 0 atom stereocenters. The summed E-state index contributed by atoms with van der Waals surface area (Å²) in [4.78, 5) is 26.8. The van der Waals surface area contributed by atoms with E-state index in [0.29, 0.717) is 39.6 Å². The van der Waals surface area contributed by atoms with Crippen molar-refractivity contribution in [2.75, 3.05) is 24.8 Å². The number of carbonyl (C=O) groups is 2. The smallest absolute Gasteiger partial charge is 0.341 e. The average Bonchev–Trinajstić information content (AvgIpc) is 3.47. The maximum atomic E-state index is 12.9. The van der Waals surface area contributed by atoms with Gasteiger partial charge in [-0.3, -0.25) is 9.36 Å². The minimum atomic E-state index is -0.379. The number of amides is 1. The van der Waals surface area contributed by atoms with Crippen LogP contribution in [-0.4, -0.2) is 46.1 Å². The van der Waals surface area contributed by atoms with Crippen molar-refractivity contribution in [2.24, 2.45) is 0 Å². The van der Waals surface area contributed by atoms with Gasteiger partial charge in [0.05, 0.1) is 25.0 Å². The number of esters is 1. The second kappa shape index (κ2) is 13.0. The first-order chi connectivity index (χ1) is 18.4. The Balaban J connectivity index is 1.43. The fourth-order valence-corrected chi connectivity index (χ4v) is 6.31. The largest absolute Gasteiger partial charge is 0.493 e. The molecule has 0 spiro atoms. The van der Waals surface area contributed by atoms with Gasteiger partial charge in [-0.1, -0.05) is 23.9 Å². The third kappa shape index (κ3) is 6.39. The van der Waals surface area contributed by atoms with Crippen LogP contribution in [0.15, 0.2) is 36.0 Å². The number of ether oxygens (including phenoxy) is 3. The van der Waals surface area contributed by atoms with Gasteiger partial charge in [-0.05, 0) is 62.8 Å². The minimum absolute atomic E-state index is 0.104. The summed E-state index contributed by atoms with van der Waals surface area (Å²) in [7, 11) is 1.60. The first-order valence-corrected chi connectivity index (χ1v) is 14.3. The Hall–Kier alpha value is -3.31. The second-order valence-electron chi connectivity index (χ2n) is 8.71. The molecular weight excluding hydrogens is 524 g/mol. The number of aryl methyl sites for hydroxylation is 2. The van der Waals surface area contributed by atoms with Crippen LogP contribution >= 0.6 is 23.1 Å². The van der Waals surface area contributed by atoms with Crippen molar-refractivity contribution in [1.82, 2.24) is 14.8 Å². The number of anilines is 1. The second-order valence-corrected chi connectivity index (χ2v) is 10.8. The van der Waals surface area contributed by atoms with Crippen LogP contribution in [0.1, 0.15) is 52.0 Å². The first-order valence-electron chi connectivity index (χ1n) is 12.5. The van der Waals surface area contributed by atoms with Gasteiger partial charge in [0.15, 0.2) is 22.5 Å². The average molecular weight is 557 g/mol. The molecule has 1 aromatic carbocycles. The number of hydrogen-bond donors (Lipinski definition) is 1. The molecule has 3 aromatic rings. The maximum absolute atomic E-state index is 12.9. The first kappa shape index (κ1) is 27.7. The Kier molecular flexibility index (Phi) is 9.46. The summed E-state index contributed by atoms with van der Waals surface area (Å²) >= 11 is 2.74. The summed E-state index contributed by atoms with van der Waals surface area (Å²) in [5.41, 5.74) is 2.59. The monoisotopic (exact) mass is 556 g/mol. The quantitative estimate of drug-likeness (QED) is 0.184. The standard InChI is InChI=1S/C27H32N4O5S2/c1-5-13-31-22(15-36-19-12-11-17(3)14-20(19)34-4)29-30-27(31)37-16-23(32)28-25-24(26(33)35-6-2)18-9-7-8-10-21(18)38-25/h5,11-12,14H,1,6-10,13,15-16H2,2-4H3,(H,28,32). The van der Waals surface area contributed by atoms with E-state index in [9.17, 15) is 9.59 Å². The predicted octanol–water partition coefficient (Wildman–Crippen LogP) is 5.21. The van der Waals surface area contributed by atoms with Gasteiger partial charge in [0.1, 0.15) is 11.6 Å². The maximum Gasteiger partial charge on any atom is 0.341 e. The summed E-state index contributed by atoms with van der Waals surface area (Å²) in [6, 6.07) is 5.71. The molecular formula is C27H32N4O5S2. The molecule has 4 rings (SSSR count). The van der Waals surface area contributed by atoms with E-state index < -0.39 is 0 Å². The van der Waals surface area contributed by atoms with Crippen molar-refractivity contribution in [3.05, 3.63) is 58.2 Å². The fourth-order valence-electron chi connectivity index (χ4n) is 4.25. The summed E-state index contributed by atoms with van der Waals surface area (Å²) in [6.07, 6.45) is 5.60. The van der Waals surface area contributed by atoms with Crippen LogP contribution in [0.25, 0.3) is 0 Å². The van der Waals surface area contributed by atoms with Crippen LogP contribution in [-0.2, 0) is 35.5 Å². The number of carbonyl (C=O) groups excluding carboxylic acids is 2. The molecule has 2 heterocycles. The highest BCUT2D eigenvalue weighted by Gasteiger charge is 2.27. The van der Waals surface area contributed by atoms with Crippen LogP contribution in [0.4, 0.5) is 5.00 Å². The molecule has 0 radical (unpaired) electrons. The lowest BCUT2D eigenvalue weighted by Crippen LogP contribution is -2.17. The Bertz CT molecular complexity index is 1320. The van der Waals surface area contributed by atoms with Crippen LogP contribution in [0, 0.1) is 6.92 Å². The van der Waals surface area contributed by atoms with Crippen LogP contribution < -0.4 is 14.8 Å². The van der Waals surface area contributed by atoms with Crippen molar-refractivity contribution in [3.63, 3.8) is 0 Å². The van der Waals surface area contributed by atoms with Crippen LogP contribution in [0.5, 0.6) is 11.5 Å². The number of aromatic nitrogens is 3. The van der Waals surface area contributed by atoms with Gasteiger partial charge in [0.25, 0.3) is 0 Å². The van der Waals surface area contributed by atoms with Gasteiger partial charge in [-0.15, -0.1) is 28.1 Å². The van der Waals surface area contributed by atoms with Gasteiger partial charge in [-0.2, -0.15) is 0 Å². The Morgan fingerprint density at radius 3 is 2.82 bits per heavy atom. The lowest BCUT2D eigenvalue weighted by molar-refractivity contribution is -0.113. The molecule has 9 nitrogen and oxygen atoms in total. The highest BCUT2D eigenvalue weighted by Crippen LogP contribution is 2.38. The van der Waals surface area contributed by atoms with E-state index in [-0.39, 0.29) is 30.8 Å². The van der Waals surface area contributed by atoms with E-state index in [2.05, 4.69) is 22.1 Å². The number of fused-ring (bicyclic) bond motifs is 1. The summed E-state index contributed by atoms with van der Waals surface area (Å²) in [5, 5.41) is 12.6. The van der Waals surface area contributed by atoms with E-state index in [4.69, 9.17) is 14.2 Å². The zero-order valence-corrected chi connectivity index (χ0v) is 23.5. The number of hydrogen-bond acceptors (Lipinski definition) is 9. The van der Waals surface area contributed by atoms with Crippen LogP contribution in [0.3, 0.4) is 0 Å². The molecule has 202 valence electrons. The molecule has 1 N–H and O–H groups in total. The number of benzene rings is 1. The number of rotatable bonds is 12. The lowest BCUT2D eigenvalue weighted by Gasteiger charge is -2.12. The number of nitrogens with one attached hydrogen (secondary N) is 1. The normalized spacial score (nSPS) is 12.5. The molecule has 11 heteroatoms. The van der Waals surface area contributed by atoms with Gasteiger partial charge in [0, 0.05) is 11.4 Å². The van der Waals surface area contributed by atoms with Crippen molar-refractivity contribution in [3.8, 4) is 11.5 Å². The number of thiophene rings is 1. The van der Waals surface area contributed by atoms with Gasteiger partial charge in [-0.25, -0.2) is 4.79 Å². The van der Waals surface area contributed by atoms with E-state index in [1.54, 1.807) is 20.1 Å². The zero-order valence-electron chi connectivity index (χ0n) is 21.9. The Morgan fingerprint density at radius 1 is 1.24 bits per heavy atom. The highest BCUT2D eigenvalue weighted by molar-refractivity contribution is 7.99. The van der Waals surface area contributed by atoms with Gasteiger partial charge < -0.3 is 19.5 Å². The van der Waals surface area contributed by atoms with E-state index in [0.717, 1.165) is 41.7 Å². The van der Waals surface area contributed by atoms with E-state index in [1.165, 1.54) is 23.1 Å². The molecule has 1 amide bonds. The number of allylic oxidation sites excluding steroid dienone is 1. The van der Waals surface area contributed by atoms with Crippen molar-refractivity contribution < 1.29 is 23.8 Å². The summed E-state index contributed by atoms with van der Waals surface area (Å²) in [5.74, 6) is 1.35. The third-order valence-corrected chi connectivity index (χ3v) is 8.19. The predicted molar refractivity (Wildman–Crippen MR) is 149 cm³/mol. The number of methoxy groups -OCH3 is 1. The molecule has 0 bridgehead atoms. The van der Waals surface area contributed by atoms with Gasteiger partial charge >= 0.3 is 5.97 Å². The summed E-state index contributed by atoms with van der Waals surface area (Å²) in [6.45, 7) is 8.52. The molecule has 0 saturated carbocycles. The zero-order chi connectivity index (χ0) is 27.1. The highest BCUT2D eigenvalue weighted by atomic mass is 32.2. The van der Waals surface area contributed by atoms with Crippen molar-refractivity contribution in [1.29, 1.82) is 0 Å². The van der Waals surface area contributed by atoms with Crippen molar-refractivity contribution in [2.45, 2.75) is 57.8 Å². The molecule has 2 aromatic heterocycles. The SMILES string of the molecule is C=CCn1c(COc2ccc(C)cc2OC)nnc1SCC(=O)Nc1sc2c(c1C(=O)OCC)CCCC2. The van der Waals surface area contributed by atoms with E-state index in [1.807, 2.05) is 29.7 Å². The Labute approximate surface area is 230 Å². The molecule has 1 aliphatic rings. The topological polar surface area (TPSA) is 105 Å². The molecule has 0 aliphatic heterocycles. The third-order valence-electron chi connectivity index (χ3n) is 6.02. The molecule has 0 fully saturated rings. The summed E-state index contributed by atoms with van der Waals surface area (Å²) < 4.78 is 18.5. The van der Waals surface area contributed by atoms with Gasteiger partial charge in [0.2, 0.25) is 5.91 Å². The fraction of sp³-hybridized carbons (Fsp3) is 0.407. The minimum Gasteiger partial charge on any atom is -0.493 e. The van der Waals surface area contributed by atoms with Crippen molar-refractivity contribution >= 4 is 40.0 Å². The number of thioether (sulfide) groups is 1. The lowest BCUT2D eigenvalue weighted by atomic mass is 9.95. The molecule has 1 aliphatic carbocycles. The Morgan fingerprint density at radius 2 is 2.05 bits per heavy atom. The molecule has 0 unspecified atom stereocenters. The van der Waals surface area contributed by atoms with Crippen LogP contribution in [0.2, 0.25) is 0 Å².